The molecule has 0 spiro atoms. The molecule has 0 fully saturated rings. The fourth-order valence-electron chi connectivity index (χ4n) is 2.13. The molecule has 108 valence electrons. The molecule has 3 aromatic heterocycles. The van der Waals surface area contributed by atoms with E-state index in [1.54, 1.807) is 32.2 Å². The normalized spacial score (nSPS) is 11.0. The molecule has 3 rings (SSSR count). The number of fused-ring (bicyclic) bond motifs is 1. The molecule has 21 heavy (non-hydrogen) atoms. The number of H-pyrrole nitrogens is 1. The number of carbonyl (C=O) groups is 1. The van der Waals surface area contributed by atoms with Crippen LogP contribution in [0.1, 0.15) is 26.8 Å². The smallest absolute Gasteiger partial charge is 0.262 e. The van der Waals surface area contributed by atoms with E-state index >= 15 is 0 Å². The third-order valence-corrected chi connectivity index (χ3v) is 4.31. The number of carbonyl (C=O) groups excluding carboxylic acids is 1. The van der Waals surface area contributed by atoms with E-state index in [9.17, 15) is 9.59 Å². The number of hydrogen-bond donors (Lipinski definition) is 2. The number of aromatic nitrogens is 2. The highest BCUT2D eigenvalue weighted by Gasteiger charge is 2.18. The van der Waals surface area contributed by atoms with Crippen molar-refractivity contribution in [1.29, 1.82) is 0 Å². The van der Waals surface area contributed by atoms with Crippen LogP contribution in [0, 0.1) is 13.8 Å². The maximum atomic E-state index is 12.2. The van der Waals surface area contributed by atoms with Gasteiger partial charge in [0.2, 0.25) is 0 Å². The quantitative estimate of drug-likeness (QED) is 0.776. The van der Waals surface area contributed by atoms with Gasteiger partial charge in [-0.2, -0.15) is 0 Å². The summed E-state index contributed by atoms with van der Waals surface area (Å²) in [6.45, 7) is 3.78. The van der Waals surface area contributed by atoms with Crippen LogP contribution in [0.5, 0.6) is 0 Å². The Balaban J connectivity index is 1.93. The van der Waals surface area contributed by atoms with Crippen molar-refractivity contribution in [2.24, 2.45) is 0 Å². The number of rotatable bonds is 3. The van der Waals surface area contributed by atoms with Crippen molar-refractivity contribution < 1.29 is 9.21 Å². The first-order valence-electron chi connectivity index (χ1n) is 6.37. The number of thiophene rings is 1. The van der Waals surface area contributed by atoms with E-state index in [0.29, 0.717) is 38.8 Å². The van der Waals surface area contributed by atoms with Crippen LogP contribution in [0.25, 0.3) is 10.2 Å². The third-order valence-electron chi connectivity index (χ3n) is 3.13. The van der Waals surface area contributed by atoms with Gasteiger partial charge in [0.25, 0.3) is 11.5 Å². The lowest BCUT2D eigenvalue weighted by atomic mass is 10.2. The van der Waals surface area contributed by atoms with E-state index in [1.165, 1.54) is 11.3 Å². The highest BCUT2D eigenvalue weighted by atomic mass is 32.1. The Kier molecular flexibility index (Phi) is 3.34. The third kappa shape index (κ3) is 2.47. The summed E-state index contributed by atoms with van der Waals surface area (Å²) in [5, 5.41) is 3.26. The van der Waals surface area contributed by atoms with Crippen LogP contribution in [0.3, 0.4) is 0 Å². The van der Waals surface area contributed by atoms with E-state index in [4.69, 9.17) is 4.42 Å². The van der Waals surface area contributed by atoms with Crippen molar-refractivity contribution in [3.63, 3.8) is 0 Å². The molecule has 0 aliphatic heterocycles. The predicted molar refractivity (Wildman–Crippen MR) is 79.6 cm³/mol. The van der Waals surface area contributed by atoms with Crippen molar-refractivity contribution in [3.05, 3.63) is 50.8 Å². The number of aromatic amines is 1. The van der Waals surface area contributed by atoms with Gasteiger partial charge in [0.05, 0.1) is 23.1 Å². The van der Waals surface area contributed by atoms with Crippen LogP contribution in [0.4, 0.5) is 0 Å². The van der Waals surface area contributed by atoms with Gasteiger partial charge in [-0.05, 0) is 31.5 Å². The molecule has 6 nitrogen and oxygen atoms in total. The molecule has 0 aliphatic carbocycles. The Morgan fingerprint density at radius 2 is 2.29 bits per heavy atom. The first-order chi connectivity index (χ1) is 10.1. The van der Waals surface area contributed by atoms with Crippen LogP contribution >= 0.6 is 11.3 Å². The van der Waals surface area contributed by atoms with Crippen molar-refractivity contribution in [3.8, 4) is 0 Å². The number of hydrogen-bond acceptors (Lipinski definition) is 5. The van der Waals surface area contributed by atoms with Gasteiger partial charge in [-0.15, -0.1) is 11.3 Å². The fourth-order valence-corrected chi connectivity index (χ4v) is 3.27. The van der Waals surface area contributed by atoms with Gasteiger partial charge >= 0.3 is 0 Å². The average molecular weight is 303 g/mol. The molecule has 3 aromatic rings. The SMILES string of the molecule is Cc1nc2sc(C(=O)NCc3ccco3)c(C)c2c(=O)[nH]1. The Morgan fingerprint density at radius 3 is 3.00 bits per heavy atom. The van der Waals surface area contributed by atoms with Gasteiger partial charge < -0.3 is 14.7 Å². The van der Waals surface area contributed by atoms with E-state index in [-0.39, 0.29) is 11.5 Å². The highest BCUT2D eigenvalue weighted by molar-refractivity contribution is 7.20. The number of amides is 1. The molecule has 0 aliphatic rings. The molecule has 0 aromatic carbocycles. The standard InChI is InChI=1S/C14H13N3O3S/c1-7-10-12(18)16-8(2)17-14(10)21-11(7)13(19)15-6-9-4-3-5-20-9/h3-5H,6H2,1-2H3,(H,15,19)(H,16,17,18). The molecule has 2 N–H and O–H groups in total. The monoisotopic (exact) mass is 303 g/mol. The Hall–Kier alpha value is -2.41. The summed E-state index contributed by atoms with van der Waals surface area (Å²) in [4.78, 5) is 32.2. The lowest BCUT2D eigenvalue weighted by Crippen LogP contribution is -2.22. The predicted octanol–water partition coefficient (Wildman–Crippen LogP) is 2.12. The first-order valence-corrected chi connectivity index (χ1v) is 7.18. The maximum absolute atomic E-state index is 12.2. The minimum absolute atomic E-state index is 0.212. The molecule has 0 bridgehead atoms. The first kappa shape index (κ1) is 13.6. The summed E-state index contributed by atoms with van der Waals surface area (Å²) < 4.78 is 5.17. The molecule has 0 unspecified atom stereocenters. The Labute approximate surface area is 123 Å². The Morgan fingerprint density at radius 1 is 1.48 bits per heavy atom. The second-order valence-electron chi connectivity index (χ2n) is 4.65. The molecular formula is C14H13N3O3S. The molecule has 1 amide bonds. The molecule has 0 atom stereocenters. The van der Waals surface area contributed by atoms with Gasteiger partial charge in [-0.1, -0.05) is 0 Å². The summed E-state index contributed by atoms with van der Waals surface area (Å²) in [7, 11) is 0. The van der Waals surface area contributed by atoms with Crippen LogP contribution in [-0.2, 0) is 6.54 Å². The second-order valence-corrected chi connectivity index (χ2v) is 5.65. The molecule has 0 saturated heterocycles. The fraction of sp³-hybridized carbons (Fsp3) is 0.214. The molecule has 7 heteroatoms. The van der Waals surface area contributed by atoms with Gasteiger partial charge in [0, 0.05) is 0 Å². The van der Waals surface area contributed by atoms with Crippen molar-refractivity contribution in [2.75, 3.05) is 0 Å². The molecule has 0 saturated carbocycles. The van der Waals surface area contributed by atoms with Gasteiger partial charge in [-0.3, -0.25) is 9.59 Å². The van der Waals surface area contributed by atoms with Gasteiger partial charge in [0.15, 0.2) is 0 Å². The summed E-state index contributed by atoms with van der Waals surface area (Å²) in [6, 6.07) is 3.55. The van der Waals surface area contributed by atoms with E-state index in [2.05, 4.69) is 15.3 Å². The average Bonchev–Trinajstić information content (AvgIpc) is 3.04. The van der Waals surface area contributed by atoms with E-state index in [1.807, 2.05) is 0 Å². The van der Waals surface area contributed by atoms with Crippen LogP contribution in [0.15, 0.2) is 27.6 Å². The summed E-state index contributed by atoms with van der Waals surface area (Å²) in [5.74, 6) is 0.981. The maximum Gasteiger partial charge on any atom is 0.262 e. The number of furan rings is 1. The number of nitrogens with one attached hydrogen (secondary N) is 2. The van der Waals surface area contributed by atoms with Gasteiger partial charge in [-0.25, -0.2) is 4.98 Å². The topological polar surface area (TPSA) is 88.0 Å². The van der Waals surface area contributed by atoms with E-state index < -0.39 is 0 Å². The zero-order valence-electron chi connectivity index (χ0n) is 11.5. The number of nitrogens with zero attached hydrogens (tertiary/aromatic N) is 1. The highest BCUT2D eigenvalue weighted by Crippen LogP contribution is 2.26. The largest absolute Gasteiger partial charge is 0.467 e. The minimum Gasteiger partial charge on any atom is -0.467 e. The lowest BCUT2D eigenvalue weighted by Gasteiger charge is -2.01. The molecule has 0 radical (unpaired) electrons. The minimum atomic E-state index is -0.232. The molecule has 3 heterocycles. The molecular weight excluding hydrogens is 290 g/mol. The second kappa shape index (κ2) is 5.17. The summed E-state index contributed by atoms with van der Waals surface area (Å²) >= 11 is 1.22. The lowest BCUT2D eigenvalue weighted by molar-refractivity contribution is 0.0951. The van der Waals surface area contributed by atoms with E-state index in [0.717, 1.165) is 0 Å². The zero-order chi connectivity index (χ0) is 15.0. The van der Waals surface area contributed by atoms with Crippen LogP contribution in [0.2, 0.25) is 0 Å². The zero-order valence-corrected chi connectivity index (χ0v) is 12.3. The number of aryl methyl sites for hydroxylation is 2. The van der Waals surface area contributed by atoms with Crippen molar-refractivity contribution in [2.45, 2.75) is 20.4 Å². The summed E-state index contributed by atoms with van der Waals surface area (Å²) in [5.41, 5.74) is 0.442. The van der Waals surface area contributed by atoms with Crippen molar-refractivity contribution in [1.82, 2.24) is 15.3 Å². The van der Waals surface area contributed by atoms with Crippen LogP contribution < -0.4 is 10.9 Å². The summed E-state index contributed by atoms with van der Waals surface area (Å²) in [6.07, 6.45) is 1.55. The van der Waals surface area contributed by atoms with Gasteiger partial charge in [0.1, 0.15) is 16.4 Å². The van der Waals surface area contributed by atoms with Crippen LogP contribution in [-0.4, -0.2) is 15.9 Å². The Bertz CT molecular complexity index is 862. The van der Waals surface area contributed by atoms with Crippen molar-refractivity contribution >= 4 is 27.5 Å².